The number of aromatic nitrogens is 4. The molecule has 2 aliphatic rings. The zero-order valence-electron chi connectivity index (χ0n) is 61.3. The molecule has 2 heterocycles. The maximum absolute atomic E-state index is 5.48. The fourth-order valence-electron chi connectivity index (χ4n) is 17.4. The molecule has 2 aromatic heterocycles. The summed E-state index contributed by atoms with van der Waals surface area (Å²) >= 11 is -0.166. The number of aryl methyl sites for hydroxylation is 2. The van der Waals surface area contributed by atoms with Gasteiger partial charge >= 0.3 is 352 Å². The monoisotopic (exact) mass is 1390 g/mol. The molecule has 0 fully saturated rings. The number of unbranched alkanes of at least 4 members (excludes halogenated alkanes) is 52. The zero-order chi connectivity index (χ0) is 64.6. The van der Waals surface area contributed by atoms with Gasteiger partial charge in [0, 0.05) is 0 Å². The van der Waals surface area contributed by atoms with Crippen molar-refractivity contribution in [1.29, 1.82) is 0 Å². The third kappa shape index (κ3) is 24.1. The van der Waals surface area contributed by atoms with Crippen molar-refractivity contribution in [3.8, 4) is 22.3 Å². The first-order chi connectivity index (χ1) is 45.5. The maximum atomic E-state index is 5.48. The summed E-state index contributed by atoms with van der Waals surface area (Å²) < 4.78 is 21.4. The van der Waals surface area contributed by atoms with Crippen LogP contribution >= 0.6 is 0 Å². The van der Waals surface area contributed by atoms with Crippen LogP contribution in [0.5, 0.6) is 0 Å². The van der Waals surface area contributed by atoms with E-state index in [0.29, 0.717) is 0 Å². The molecule has 0 bridgehead atoms. The van der Waals surface area contributed by atoms with Crippen molar-refractivity contribution in [2.24, 2.45) is 0 Å². The molecule has 0 spiro atoms. The van der Waals surface area contributed by atoms with E-state index in [1.54, 1.807) is 33.4 Å². The normalized spacial score (nSPS) is 13.7. The fraction of sp³-hybridized carbons (Fsp3) is 0.791. The van der Waals surface area contributed by atoms with Gasteiger partial charge in [0.15, 0.2) is 0 Å². The van der Waals surface area contributed by atoms with Crippen LogP contribution in [0.4, 0.5) is 0 Å². The second-order valence-corrected chi connectivity index (χ2v) is 32.9. The van der Waals surface area contributed by atoms with Gasteiger partial charge in [0.1, 0.15) is 0 Å². The Hall–Kier alpha value is -2.10. The van der Waals surface area contributed by atoms with Crippen LogP contribution in [0.2, 0.25) is 0 Å². The second kappa shape index (κ2) is 46.2. The molecular weight excluding hydrogens is 1250 g/mol. The summed E-state index contributed by atoms with van der Waals surface area (Å²) in [5.41, 5.74) is 20.2. The fourth-order valence-corrected chi connectivity index (χ4v) is 20.0. The Morgan fingerprint density at radius 3 is 0.620 bits per heavy atom. The van der Waals surface area contributed by atoms with Gasteiger partial charge < -0.3 is 0 Å². The van der Waals surface area contributed by atoms with Gasteiger partial charge in [-0.15, -0.1) is 0 Å². The molecule has 0 saturated heterocycles. The first-order valence-corrected chi connectivity index (χ1v) is 44.2. The number of nitrogens with zero attached hydrogens (tertiary/aromatic N) is 4. The molecule has 5 aromatic rings. The topological polar surface area (TPSA) is 51.6 Å². The number of benzene rings is 3. The van der Waals surface area contributed by atoms with Crippen molar-refractivity contribution in [2.75, 3.05) is 0 Å². The van der Waals surface area contributed by atoms with E-state index in [2.05, 4.69) is 65.8 Å². The number of rotatable bonds is 60. The Morgan fingerprint density at radius 2 is 0.413 bits per heavy atom. The van der Waals surface area contributed by atoms with Crippen molar-refractivity contribution in [3.63, 3.8) is 0 Å². The summed E-state index contributed by atoms with van der Waals surface area (Å²) in [6.07, 6.45) is 83.7. The van der Waals surface area contributed by atoms with Gasteiger partial charge in [0.25, 0.3) is 0 Å². The van der Waals surface area contributed by atoms with E-state index in [0.717, 1.165) is 0 Å². The van der Waals surface area contributed by atoms with Crippen molar-refractivity contribution < 1.29 is 0 Å². The van der Waals surface area contributed by atoms with Gasteiger partial charge in [-0.25, -0.2) is 0 Å². The summed E-state index contributed by atoms with van der Waals surface area (Å²) in [6.45, 7) is 14.1. The molecule has 0 aliphatic heterocycles. The first kappa shape index (κ1) is 77.3. The van der Waals surface area contributed by atoms with Gasteiger partial charge in [0.05, 0.1) is 0 Å². The van der Waals surface area contributed by atoms with E-state index in [1.165, 1.54) is 430 Å². The molecule has 6 heteroatoms. The molecule has 0 unspecified atom stereocenters. The summed E-state index contributed by atoms with van der Waals surface area (Å²) in [5, 5.41) is 0. The van der Waals surface area contributed by atoms with Gasteiger partial charge in [0.2, 0.25) is 0 Å². The van der Waals surface area contributed by atoms with Crippen LogP contribution in [0.25, 0.3) is 44.3 Å². The Morgan fingerprint density at radius 1 is 0.228 bits per heavy atom. The molecule has 518 valence electrons. The molecule has 4 nitrogen and oxygen atoms in total. The molecule has 92 heavy (non-hydrogen) atoms. The number of hydrogen-bond acceptors (Lipinski definition) is 4. The Labute approximate surface area is 581 Å². The van der Waals surface area contributed by atoms with Gasteiger partial charge in [-0.05, 0) is 0 Å². The van der Waals surface area contributed by atoms with Crippen LogP contribution in [0, 0.1) is 13.8 Å². The van der Waals surface area contributed by atoms with Crippen LogP contribution in [-0.2, 0) is 10.8 Å². The van der Waals surface area contributed by atoms with Crippen LogP contribution in [0.3, 0.4) is 0 Å². The summed E-state index contributed by atoms with van der Waals surface area (Å²) in [7, 11) is 0. The third-order valence-electron chi connectivity index (χ3n) is 23.0. The molecule has 7 rings (SSSR count). The van der Waals surface area contributed by atoms with Gasteiger partial charge in [-0.1, -0.05) is 233 Å². The first-order valence-electron chi connectivity index (χ1n) is 41.2. The standard InChI is InChI=1S/C86H142N4Se2/c1-7-11-15-19-23-27-31-35-39-43-47-51-55-59-63-85(64-60-56-52-48-44-40-36-32-28-24-20-16-12-8-2)75-69-74-76(70-73(75)79-77(85)67-71(5)81-83(79)89-91-87-81)86(78-68-72(6)82-84(80(74)78)90-92-88-82,65-61-57-53-49-45-41-37-33-29-25-21-17-13-9-3)66-62-58-54-50-46-42-38-34-30-26-22-18-14-10-4/h67-70H,7-66H2,1-6H3. The summed E-state index contributed by atoms with van der Waals surface area (Å²) in [4.78, 5) is 0. The van der Waals surface area contributed by atoms with Crippen molar-refractivity contribution >= 4 is 52.0 Å². The van der Waals surface area contributed by atoms with E-state index in [9.17, 15) is 0 Å². The van der Waals surface area contributed by atoms with Crippen LogP contribution < -0.4 is 0 Å². The number of fused-ring (bicyclic) bond motifs is 10. The van der Waals surface area contributed by atoms with Crippen LogP contribution in [0.1, 0.15) is 446 Å². The molecule has 0 N–H and O–H groups in total. The molecule has 2 aliphatic carbocycles. The summed E-state index contributed by atoms with van der Waals surface area (Å²) in [5.74, 6) is 0. The van der Waals surface area contributed by atoms with Crippen LogP contribution in [0.15, 0.2) is 24.3 Å². The van der Waals surface area contributed by atoms with E-state index in [-0.39, 0.29) is 40.8 Å². The third-order valence-corrected chi connectivity index (χ3v) is 25.3. The van der Waals surface area contributed by atoms with Crippen molar-refractivity contribution in [2.45, 2.75) is 438 Å². The quantitative estimate of drug-likeness (QED) is 0.0288. The van der Waals surface area contributed by atoms with Crippen LogP contribution in [-0.4, -0.2) is 45.8 Å². The Balaban J connectivity index is 1.14. The predicted molar refractivity (Wildman–Crippen MR) is 408 cm³/mol. The molecular formula is C86H142N4Se2. The number of hydrogen-bond donors (Lipinski definition) is 0. The zero-order valence-corrected chi connectivity index (χ0v) is 64.8. The SMILES string of the molecule is CCCCCCCCCCCCCCCCC1(CCCCCCCCCCCCCCCC)c2cc3c(cc2-c2c1cc(C)c1n[se]nc21)C(CCCCCCCCCCCCCCCC)(CCCCCCCCCCCCCCCC)c1cc(C)c2n[se]nc2c1-3. The Kier molecular flexibility index (Phi) is 38.8. The molecule has 0 amide bonds. The molecule has 0 atom stereocenters. The van der Waals surface area contributed by atoms with Crippen molar-refractivity contribution in [1.82, 2.24) is 15.9 Å². The molecule has 0 saturated carbocycles. The second-order valence-electron chi connectivity index (χ2n) is 30.6. The van der Waals surface area contributed by atoms with Crippen molar-refractivity contribution in [3.05, 3.63) is 57.6 Å². The van der Waals surface area contributed by atoms with E-state index in [1.807, 2.05) is 0 Å². The average molecular weight is 1390 g/mol. The molecule has 0 radical (unpaired) electrons. The minimum atomic E-state index is -0.0831. The van der Waals surface area contributed by atoms with Gasteiger partial charge in [-0.2, -0.15) is 0 Å². The van der Waals surface area contributed by atoms with E-state index < -0.39 is 0 Å². The minimum absolute atomic E-state index is 0.0210. The van der Waals surface area contributed by atoms with Gasteiger partial charge in [-0.3, -0.25) is 0 Å². The predicted octanol–water partition coefficient (Wildman–Crippen LogP) is 28.3. The molecule has 3 aromatic carbocycles. The van der Waals surface area contributed by atoms with E-state index >= 15 is 0 Å². The van der Waals surface area contributed by atoms with E-state index in [4.69, 9.17) is 15.9 Å². The Bertz CT molecular complexity index is 2460. The average Bonchev–Trinajstić information content (AvgIpc) is 1.52. The summed E-state index contributed by atoms with van der Waals surface area (Å²) in [6, 6.07) is 11.1.